The molecule has 0 aliphatic carbocycles. The van der Waals surface area contributed by atoms with Crippen molar-refractivity contribution in [2.75, 3.05) is 22.4 Å². The number of hydrogen-bond donors (Lipinski definition) is 1. The number of nitrogens with one attached hydrogen (secondary N) is 1. The minimum atomic E-state index is -3.81. The average molecular weight is 386 g/mol. The number of sulfonamides is 1. The molecule has 0 aliphatic heterocycles. The molecule has 0 aromatic heterocycles. The number of aryl methyl sites for hydroxylation is 1. The van der Waals surface area contributed by atoms with E-state index >= 15 is 0 Å². The number of carbonyl (C=O) groups is 1. The van der Waals surface area contributed by atoms with Gasteiger partial charge in [-0.25, -0.2) is 21.6 Å². The van der Waals surface area contributed by atoms with Gasteiger partial charge in [-0.2, -0.15) is 0 Å². The molecule has 0 fully saturated rings. The summed E-state index contributed by atoms with van der Waals surface area (Å²) in [5.74, 6) is -5.58. The van der Waals surface area contributed by atoms with Gasteiger partial charge in [-0.05, 0) is 36.2 Å². The van der Waals surface area contributed by atoms with E-state index in [1.54, 1.807) is 24.3 Å². The van der Waals surface area contributed by atoms with E-state index < -0.39 is 45.6 Å². The number of amides is 1. The lowest BCUT2D eigenvalue weighted by Gasteiger charge is -2.22. The second-order valence-corrected chi connectivity index (χ2v) is 7.47. The van der Waals surface area contributed by atoms with E-state index in [-0.39, 0.29) is 5.69 Å². The smallest absolute Gasteiger partial charge is 0.245 e. The Morgan fingerprint density at radius 2 is 1.65 bits per heavy atom. The summed E-state index contributed by atoms with van der Waals surface area (Å²) in [6, 6.07) is 8.05. The molecule has 140 valence electrons. The van der Waals surface area contributed by atoms with Crippen LogP contribution in [0, 0.1) is 17.5 Å². The first-order chi connectivity index (χ1) is 12.1. The maximum Gasteiger partial charge on any atom is 0.245 e. The molecule has 2 aromatic carbocycles. The van der Waals surface area contributed by atoms with E-state index in [4.69, 9.17) is 0 Å². The van der Waals surface area contributed by atoms with Crippen molar-refractivity contribution in [3.8, 4) is 0 Å². The van der Waals surface area contributed by atoms with Gasteiger partial charge in [-0.3, -0.25) is 9.10 Å². The van der Waals surface area contributed by atoms with Crippen LogP contribution in [0.3, 0.4) is 0 Å². The summed E-state index contributed by atoms with van der Waals surface area (Å²) < 4.78 is 64.6. The van der Waals surface area contributed by atoms with E-state index in [1.165, 1.54) is 0 Å². The number of carbonyl (C=O) groups excluding carboxylic acids is 1. The lowest BCUT2D eigenvalue weighted by molar-refractivity contribution is -0.114. The largest absolute Gasteiger partial charge is 0.322 e. The van der Waals surface area contributed by atoms with Gasteiger partial charge in [0.1, 0.15) is 6.54 Å². The number of benzene rings is 2. The van der Waals surface area contributed by atoms with Gasteiger partial charge in [0.25, 0.3) is 0 Å². The summed E-state index contributed by atoms with van der Waals surface area (Å²) >= 11 is 0. The molecule has 26 heavy (non-hydrogen) atoms. The second kappa shape index (κ2) is 7.77. The average Bonchev–Trinajstić information content (AvgIpc) is 2.59. The van der Waals surface area contributed by atoms with Gasteiger partial charge in [-0.15, -0.1) is 0 Å². The standard InChI is InChI=1S/C17H17F3N2O3S/c1-3-11-4-6-12(7-5-11)22(26(2,24)25)10-15(23)21-14-9-8-13(18)16(19)17(14)20/h4-9H,3,10H2,1-2H3,(H,21,23). The molecule has 0 heterocycles. The SMILES string of the molecule is CCc1ccc(N(CC(=O)Nc2ccc(F)c(F)c2F)S(C)(=O)=O)cc1. The highest BCUT2D eigenvalue weighted by Gasteiger charge is 2.22. The summed E-state index contributed by atoms with van der Waals surface area (Å²) in [6.45, 7) is 1.29. The molecule has 0 unspecified atom stereocenters. The molecule has 0 bridgehead atoms. The fraction of sp³-hybridized carbons (Fsp3) is 0.235. The predicted molar refractivity (Wildman–Crippen MR) is 93.0 cm³/mol. The zero-order valence-electron chi connectivity index (χ0n) is 14.1. The molecule has 1 amide bonds. The van der Waals surface area contributed by atoms with Crippen LogP contribution >= 0.6 is 0 Å². The van der Waals surface area contributed by atoms with Gasteiger partial charge in [-0.1, -0.05) is 19.1 Å². The van der Waals surface area contributed by atoms with Crippen LogP contribution in [0.5, 0.6) is 0 Å². The lowest BCUT2D eigenvalue weighted by Crippen LogP contribution is -2.37. The molecule has 5 nitrogen and oxygen atoms in total. The molecular weight excluding hydrogens is 369 g/mol. The third-order valence-corrected chi connectivity index (χ3v) is 4.77. The molecule has 0 saturated carbocycles. The number of hydrogen-bond acceptors (Lipinski definition) is 3. The van der Waals surface area contributed by atoms with E-state index in [1.807, 2.05) is 12.2 Å². The Labute approximate surface area is 149 Å². The van der Waals surface area contributed by atoms with Crippen molar-refractivity contribution in [1.82, 2.24) is 0 Å². The molecule has 2 rings (SSSR count). The lowest BCUT2D eigenvalue weighted by atomic mass is 10.1. The normalized spacial score (nSPS) is 11.3. The summed E-state index contributed by atoms with van der Waals surface area (Å²) in [6.07, 6.45) is 1.68. The Hall–Kier alpha value is -2.55. The summed E-state index contributed by atoms with van der Waals surface area (Å²) in [5, 5.41) is 2.05. The first kappa shape index (κ1) is 19.8. The van der Waals surface area contributed by atoms with E-state index in [2.05, 4.69) is 0 Å². The molecule has 1 N–H and O–H groups in total. The molecule has 0 atom stereocenters. The van der Waals surface area contributed by atoms with Gasteiger partial charge >= 0.3 is 0 Å². The highest BCUT2D eigenvalue weighted by Crippen LogP contribution is 2.21. The maximum atomic E-state index is 13.6. The van der Waals surface area contributed by atoms with Crippen molar-refractivity contribution < 1.29 is 26.4 Å². The highest BCUT2D eigenvalue weighted by molar-refractivity contribution is 7.92. The summed E-state index contributed by atoms with van der Waals surface area (Å²) in [4.78, 5) is 12.1. The Balaban J connectivity index is 2.23. The van der Waals surface area contributed by atoms with Crippen LogP contribution in [0.4, 0.5) is 24.5 Å². The molecule has 0 radical (unpaired) electrons. The Bertz CT molecular complexity index is 916. The van der Waals surface area contributed by atoms with Gasteiger partial charge in [0.15, 0.2) is 17.5 Å². The van der Waals surface area contributed by atoms with Gasteiger partial charge in [0.05, 0.1) is 17.6 Å². The van der Waals surface area contributed by atoms with Crippen molar-refractivity contribution in [3.63, 3.8) is 0 Å². The van der Waals surface area contributed by atoms with Crippen molar-refractivity contribution >= 4 is 27.3 Å². The van der Waals surface area contributed by atoms with E-state index in [9.17, 15) is 26.4 Å². The monoisotopic (exact) mass is 386 g/mol. The first-order valence-electron chi connectivity index (χ1n) is 7.63. The van der Waals surface area contributed by atoms with Gasteiger partial charge in [0.2, 0.25) is 15.9 Å². The molecule has 0 spiro atoms. The number of anilines is 2. The third-order valence-electron chi connectivity index (χ3n) is 3.63. The maximum absolute atomic E-state index is 13.6. The van der Waals surface area contributed by atoms with Crippen LogP contribution in [-0.4, -0.2) is 27.1 Å². The van der Waals surface area contributed by atoms with Gasteiger partial charge < -0.3 is 5.32 Å². The zero-order chi connectivity index (χ0) is 19.5. The topological polar surface area (TPSA) is 66.5 Å². The minimum absolute atomic E-state index is 0.255. The number of nitrogens with zero attached hydrogens (tertiary/aromatic N) is 1. The Morgan fingerprint density at radius 1 is 1.04 bits per heavy atom. The number of halogens is 3. The zero-order valence-corrected chi connectivity index (χ0v) is 14.9. The van der Waals surface area contributed by atoms with E-state index in [0.29, 0.717) is 6.07 Å². The van der Waals surface area contributed by atoms with Crippen LogP contribution in [0.1, 0.15) is 12.5 Å². The van der Waals surface area contributed by atoms with Crippen LogP contribution in [0.15, 0.2) is 36.4 Å². The summed E-state index contributed by atoms with van der Waals surface area (Å²) in [5.41, 5.74) is 0.657. The van der Waals surface area contributed by atoms with Crippen molar-refractivity contribution in [2.24, 2.45) is 0 Å². The van der Waals surface area contributed by atoms with Crippen LogP contribution in [0.25, 0.3) is 0 Å². The Kier molecular flexibility index (Phi) is 5.91. The quantitative estimate of drug-likeness (QED) is 0.776. The highest BCUT2D eigenvalue weighted by atomic mass is 32.2. The number of rotatable bonds is 6. The predicted octanol–water partition coefficient (Wildman–Crippen LogP) is 3.07. The first-order valence-corrected chi connectivity index (χ1v) is 9.48. The molecule has 0 saturated heterocycles. The van der Waals surface area contributed by atoms with Crippen LogP contribution in [-0.2, 0) is 21.2 Å². The fourth-order valence-electron chi connectivity index (χ4n) is 2.24. The van der Waals surface area contributed by atoms with E-state index in [0.717, 1.165) is 28.6 Å². The molecular formula is C17H17F3N2O3S. The van der Waals surface area contributed by atoms with Crippen molar-refractivity contribution in [1.29, 1.82) is 0 Å². The second-order valence-electron chi connectivity index (χ2n) is 5.56. The van der Waals surface area contributed by atoms with Crippen LogP contribution < -0.4 is 9.62 Å². The van der Waals surface area contributed by atoms with Crippen molar-refractivity contribution in [2.45, 2.75) is 13.3 Å². The minimum Gasteiger partial charge on any atom is -0.322 e. The third kappa shape index (κ3) is 4.54. The summed E-state index contributed by atoms with van der Waals surface area (Å²) in [7, 11) is -3.81. The Morgan fingerprint density at radius 3 is 2.19 bits per heavy atom. The molecule has 2 aromatic rings. The van der Waals surface area contributed by atoms with Crippen molar-refractivity contribution in [3.05, 3.63) is 59.4 Å². The molecule has 9 heteroatoms. The fourth-order valence-corrected chi connectivity index (χ4v) is 3.10. The van der Waals surface area contributed by atoms with Gasteiger partial charge in [0, 0.05) is 0 Å². The van der Waals surface area contributed by atoms with Crippen LogP contribution in [0.2, 0.25) is 0 Å². The molecule has 0 aliphatic rings.